The molecular formula is C15H12F3NO4. The molecule has 5 nitrogen and oxygen atoms in total. The minimum atomic E-state index is -4.76. The molecular weight excluding hydrogens is 315 g/mol. The first-order chi connectivity index (χ1) is 10.7. The van der Waals surface area contributed by atoms with E-state index in [0.717, 1.165) is 24.3 Å². The summed E-state index contributed by atoms with van der Waals surface area (Å²) in [6.07, 6.45) is -4.76. The third-order valence-corrected chi connectivity index (χ3v) is 2.39. The number of carbonyl (C=O) groups excluding carboxylic acids is 1. The fourth-order valence-electron chi connectivity index (χ4n) is 1.40. The number of hydrogen-bond acceptors (Lipinski definition) is 3. The van der Waals surface area contributed by atoms with Crippen LogP contribution in [0.3, 0.4) is 0 Å². The smallest absolute Gasteiger partial charge is 0.478 e. The van der Waals surface area contributed by atoms with Gasteiger partial charge in [0.2, 0.25) is 5.91 Å². The summed E-state index contributed by atoms with van der Waals surface area (Å²) in [6.45, 7) is 0. The summed E-state index contributed by atoms with van der Waals surface area (Å²) in [5, 5.41) is 8.45. The molecule has 8 heteroatoms. The van der Waals surface area contributed by atoms with Crippen molar-refractivity contribution in [1.29, 1.82) is 0 Å². The lowest BCUT2D eigenvalue weighted by Gasteiger charge is -2.08. The minimum absolute atomic E-state index is 0.0977. The summed E-state index contributed by atoms with van der Waals surface area (Å²) in [5.41, 5.74) is 5.43. The van der Waals surface area contributed by atoms with Gasteiger partial charge in [0, 0.05) is 5.56 Å². The van der Waals surface area contributed by atoms with Crippen LogP contribution >= 0.6 is 0 Å². The van der Waals surface area contributed by atoms with Gasteiger partial charge in [-0.2, -0.15) is 0 Å². The number of amides is 1. The standard InChI is InChI=1S/C8H5F3O3.C7H7NO/c9-8(10,11)14-6-3-1-5(2-4-6)7(12)13;8-7(9)6-4-2-1-3-5-6/h1-4H,(H,12,13);1-5H,(H2,8,9). The fourth-order valence-corrected chi connectivity index (χ4v) is 1.40. The van der Waals surface area contributed by atoms with Crippen LogP contribution < -0.4 is 10.5 Å². The van der Waals surface area contributed by atoms with Crippen molar-refractivity contribution >= 4 is 11.9 Å². The monoisotopic (exact) mass is 327 g/mol. The molecule has 0 fully saturated rings. The van der Waals surface area contributed by atoms with Crippen molar-refractivity contribution < 1.29 is 32.6 Å². The minimum Gasteiger partial charge on any atom is -0.478 e. The van der Waals surface area contributed by atoms with Gasteiger partial charge in [-0.1, -0.05) is 18.2 Å². The zero-order chi connectivity index (χ0) is 17.5. The molecule has 0 aliphatic rings. The molecule has 0 atom stereocenters. The van der Waals surface area contributed by atoms with E-state index in [9.17, 15) is 22.8 Å². The third-order valence-electron chi connectivity index (χ3n) is 2.39. The Labute approximate surface area is 129 Å². The molecule has 0 bridgehead atoms. The highest BCUT2D eigenvalue weighted by molar-refractivity contribution is 5.92. The topological polar surface area (TPSA) is 89.6 Å². The number of carboxylic acid groups (broad SMARTS) is 1. The summed E-state index contributed by atoms with van der Waals surface area (Å²) >= 11 is 0. The van der Waals surface area contributed by atoms with E-state index in [2.05, 4.69) is 4.74 Å². The second-order valence-corrected chi connectivity index (χ2v) is 4.11. The maximum absolute atomic E-state index is 11.7. The van der Waals surface area contributed by atoms with Crippen molar-refractivity contribution in [3.05, 3.63) is 65.7 Å². The van der Waals surface area contributed by atoms with Crippen molar-refractivity contribution in [3.8, 4) is 5.75 Å². The lowest BCUT2D eigenvalue weighted by atomic mass is 10.2. The molecule has 1 amide bonds. The van der Waals surface area contributed by atoms with Gasteiger partial charge in [0.25, 0.3) is 0 Å². The van der Waals surface area contributed by atoms with Gasteiger partial charge in [-0.15, -0.1) is 13.2 Å². The molecule has 0 saturated heterocycles. The summed E-state index contributed by atoms with van der Waals surface area (Å²) in [6, 6.07) is 12.7. The molecule has 0 aliphatic heterocycles. The van der Waals surface area contributed by atoms with Crippen LogP contribution in [0, 0.1) is 0 Å². The summed E-state index contributed by atoms with van der Waals surface area (Å²) in [5.74, 6) is -2.03. The first-order valence-electron chi connectivity index (χ1n) is 6.13. The maximum Gasteiger partial charge on any atom is 0.573 e. The van der Waals surface area contributed by atoms with Gasteiger partial charge in [0.1, 0.15) is 5.75 Å². The third kappa shape index (κ3) is 6.98. The quantitative estimate of drug-likeness (QED) is 0.906. The van der Waals surface area contributed by atoms with Crippen molar-refractivity contribution in [1.82, 2.24) is 0 Å². The Balaban J connectivity index is 0.000000253. The van der Waals surface area contributed by atoms with Gasteiger partial charge in [-0.05, 0) is 36.4 Å². The van der Waals surface area contributed by atoms with E-state index in [-0.39, 0.29) is 11.5 Å². The molecule has 0 aromatic heterocycles. The van der Waals surface area contributed by atoms with Crippen LogP contribution in [0.15, 0.2) is 54.6 Å². The van der Waals surface area contributed by atoms with E-state index in [1.54, 1.807) is 24.3 Å². The number of primary amides is 1. The molecule has 0 heterocycles. The predicted molar refractivity (Wildman–Crippen MR) is 75.0 cm³/mol. The second-order valence-electron chi connectivity index (χ2n) is 4.11. The molecule has 2 aromatic rings. The van der Waals surface area contributed by atoms with Crippen LogP contribution in [0.2, 0.25) is 0 Å². The zero-order valence-corrected chi connectivity index (χ0v) is 11.6. The molecule has 122 valence electrons. The first-order valence-corrected chi connectivity index (χ1v) is 6.13. The number of alkyl halides is 3. The number of aromatic carboxylic acids is 1. The highest BCUT2D eigenvalue weighted by Crippen LogP contribution is 2.22. The number of benzene rings is 2. The van der Waals surface area contributed by atoms with Crippen LogP contribution in [-0.2, 0) is 0 Å². The highest BCUT2D eigenvalue weighted by atomic mass is 19.4. The number of hydrogen-bond donors (Lipinski definition) is 2. The molecule has 0 unspecified atom stereocenters. The molecule has 0 aliphatic carbocycles. The molecule has 23 heavy (non-hydrogen) atoms. The Morgan fingerprint density at radius 2 is 1.43 bits per heavy atom. The van der Waals surface area contributed by atoms with Gasteiger partial charge in [-0.25, -0.2) is 4.79 Å². The van der Waals surface area contributed by atoms with Crippen LogP contribution in [0.1, 0.15) is 20.7 Å². The number of halogens is 3. The number of carbonyl (C=O) groups is 2. The van der Waals surface area contributed by atoms with Crippen molar-refractivity contribution in [2.24, 2.45) is 5.73 Å². The number of rotatable bonds is 3. The highest BCUT2D eigenvalue weighted by Gasteiger charge is 2.30. The summed E-state index contributed by atoms with van der Waals surface area (Å²) in [7, 11) is 0. The molecule has 0 saturated carbocycles. The van der Waals surface area contributed by atoms with Gasteiger partial charge < -0.3 is 15.6 Å². The largest absolute Gasteiger partial charge is 0.573 e. The Hall–Kier alpha value is -3.03. The van der Waals surface area contributed by atoms with Gasteiger partial charge in [0.15, 0.2) is 0 Å². The average Bonchev–Trinajstić information content (AvgIpc) is 2.47. The molecule has 2 aromatic carbocycles. The Bertz CT molecular complexity index is 655. The van der Waals surface area contributed by atoms with Crippen molar-refractivity contribution in [2.75, 3.05) is 0 Å². The first kappa shape index (κ1) is 18.0. The summed E-state index contributed by atoms with van der Waals surface area (Å²) < 4.78 is 38.5. The Morgan fingerprint density at radius 3 is 1.78 bits per heavy atom. The lowest BCUT2D eigenvalue weighted by Crippen LogP contribution is -2.17. The maximum atomic E-state index is 11.7. The van der Waals surface area contributed by atoms with E-state index in [0.29, 0.717) is 5.56 Å². The fraction of sp³-hybridized carbons (Fsp3) is 0.0667. The van der Waals surface area contributed by atoms with Crippen LogP contribution in [0.4, 0.5) is 13.2 Å². The summed E-state index contributed by atoms with van der Waals surface area (Å²) in [4.78, 5) is 20.8. The van der Waals surface area contributed by atoms with Gasteiger partial charge in [0.05, 0.1) is 5.56 Å². The van der Waals surface area contributed by atoms with E-state index in [1.165, 1.54) is 0 Å². The normalized spacial score (nSPS) is 10.2. The SMILES string of the molecule is NC(=O)c1ccccc1.O=C(O)c1ccc(OC(F)(F)F)cc1. The number of nitrogens with two attached hydrogens (primary N) is 1. The Morgan fingerprint density at radius 1 is 0.913 bits per heavy atom. The van der Waals surface area contributed by atoms with E-state index in [4.69, 9.17) is 10.8 Å². The second kappa shape index (κ2) is 7.83. The van der Waals surface area contributed by atoms with Gasteiger partial charge >= 0.3 is 12.3 Å². The van der Waals surface area contributed by atoms with Crippen molar-refractivity contribution in [3.63, 3.8) is 0 Å². The lowest BCUT2D eigenvalue weighted by molar-refractivity contribution is -0.274. The number of ether oxygens (including phenoxy) is 1. The van der Waals surface area contributed by atoms with Crippen molar-refractivity contribution in [2.45, 2.75) is 6.36 Å². The molecule has 0 spiro atoms. The van der Waals surface area contributed by atoms with Gasteiger partial charge in [-0.3, -0.25) is 4.79 Å². The van der Waals surface area contributed by atoms with Crippen LogP contribution in [0.5, 0.6) is 5.75 Å². The predicted octanol–water partition coefficient (Wildman–Crippen LogP) is 3.07. The molecule has 0 radical (unpaired) electrons. The molecule has 2 rings (SSSR count). The van der Waals surface area contributed by atoms with E-state index >= 15 is 0 Å². The zero-order valence-electron chi connectivity index (χ0n) is 11.6. The number of carboxylic acids is 1. The van der Waals surface area contributed by atoms with E-state index < -0.39 is 18.1 Å². The molecule has 3 N–H and O–H groups in total. The van der Waals surface area contributed by atoms with E-state index in [1.807, 2.05) is 6.07 Å². The Kier molecular flexibility index (Phi) is 6.13. The van der Waals surface area contributed by atoms with Crippen LogP contribution in [-0.4, -0.2) is 23.3 Å². The van der Waals surface area contributed by atoms with Crippen LogP contribution in [0.25, 0.3) is 0 Å². The average molecular weight is 327 g/mol.